The Labute approximate surface area is 284 Å². The normalized spacial score (nSPS) is 10.1. The lowest BCUT2D eigenvalue weighted by Crippen LogP contribution is -2.22. The summed E-state index contributed by atoms with van der Waals surface area (Å²) in [4.78, 5) is 70.3. The Morgan fingerprint density at radius 2 is 1.18 bits per heavy atom. The highest BCUT2D eigenvalue weighted by atomic mass is 35.5. The first-order chi connectivity index (χ1) is 23.7. The molecule has 0 amide bonds. The summed E-state index contributed by atoms with van der Waals surface area (Å²) in [7, 11) is 3.09. The molecule has 0 saturated heterocycles. The molecule has 0 unspecified atom stereocenters. The summed E-state index contributed by atoms with van der Waals surface area (Å²) in [6.07, 6.45) is 5.90. The van der Waals surface area contributed by atoms with Crippen LogP contribution < -0.4 is 15.9 Å². The Morgan fingerprint density at radius 3 is 1.65 bits per heavy atom. The molecule has 0 fully saturated rings. The largest absolute Gasteiger partial charge is 0.456 e. The van der Waals surface area contributed by atoms with E-state index in [9.17, 15) is 19.2 Å². The third kappa shape index (κ3) is 10.1. The number of aliphatic hydroxyl groups is 1. The fraction of sp³-hybridized carbons (Fsp3) is 0.118. The molecule has 248 valence electrons. The van der Waals surface area contributed by atoms with E-state index < -0.39 is 6.61 Å². The summed E-state index contributed by atoms with van der Waals surface area (Å²) in [6.45, 7) is -0.623. The van der Waals surface area contributed by atoms with E-state index in [1.165, 1.54) is 41.0 Å². The number of rotatable bonds is 8. The topological polar surface area (TPSA) is 185 Å². The Hall–Kier alpha value is -6.25. The zero-order valence-corrected chi connectivity index (χ0v) is 27.0. The molecule has 0 aliphatic rings. The van der Waals surface area contributed by atoms with E-state index in [1.807, 2.05) is 12.1 Å². The van der Waals surface area contributed by atoms with Gasteiger partial charge in [-0.25, -0.2) is 24.9 Å². The molecule has 6 rings (SSSR count). The third-order valence-electron chi connectivity index (χ3n) is 6.53. The van der Waals surface area contributed by atoms with E-state index in [1.54, 1.807) is 80.1 Å². The predicted molar refractivity (Wildman–Crippen MR) is 180 cm³/mol. The number of hydrogen-bond acceptors (Lipinski definition) is 12. The van der Waals surface area contributed by atoms with Gasteiger partial charge in [-0.05, 0) is 23.7 Å². The molecule has 0 bridgehead atoms. The average Bonchev–Trinajstić information content (AvgIpc) is 3.15. The Kier molecular flexibility index (Phi) is 12.8. The van der Waals surface area contributed by atoms with Gasteiger partial charge in [0.25, 0.3) is 17.1 Å². The van der Waals surface area contributed by atoms with Crippen molar-refractivity contribution in [2.75, 3.05) is 13.2 Å². The monoisotopic (exact) mass is 680 g/mol. The van der Waals surface area contributed by atoms with Gasteiger partial charge in [-0.2, -0.15) is 4.98 Å². The number of hydrogen-bond donors (Lipinski definition) is 1. The number of nitrogens with zero attached hydrogens (tertiary/aromatic N) is 8. The second kappa shape index (κ2) is 17.6. The minimum Gasteiger partial charge on any atom is -0.456 e. The van der Waals surface area contributed by atoms with Gasteiger partial charge >= 0.3 is 0 Å². The summed E-state index contributed by atoms with van der Waals surface area (Å²) >= 11 is 5.78. The van der Waals surface area contributed by atoms with E-state index in [0.29, 0.717) is 33.9 Å². The van der Waals surface area contributed by atoms with Gasteiger partial charge in [0.05, 0.1) is 22.8 Å². The SMILES string of the molecule is Cn1c(Cl)nc(-c2ccncn2)cc1=O.Cn1c(OCC(=O)c2ccccc2)nc(-c2ccncn2)cc1=O.O=C(CO)c1ccccc1. The number of carbonyl (C=O) groups excluding carboxylic acids is 2. The number of ketones is 2. The molecule has 0 radical (unpaired) electrons. The highest BCUT2D eigenvalue weighted by Crippen LogP contribution is 2.15. The first kappa shape index (κ1) is 35.6. The predicted octanol–water partition coefficient (Wildman–Crippen LogP) is 3.25. The molecular formula is C34H29ClN8O6. The van der Waals surface area contributed by atoms with Gasteiger partial charge in [0.1, 0.15) is 19.3 Å². The van der Waals surface area contributed by atoms with Crippen molar-refractivity contribution in [3.8, 4) is 28.8 Å². The van der Waals surface area contributed by atoms with Gasteiger partial charge in [-0.3, -0.25) is 28.3 Å². The molecule has 1 N–H and O–H groups in total. The van der Waals surface area contributed by atoms with Crippen LogP contribution in [-0.2, 0) is 14.1 Å². The van der Waals surface area contributed by atoms with Crippen LogP contribution in [0.3, 0.4) is 0 Å². The Morgan fingerprint density at radius 1 is 0.694 bits per heavy atom. The van der Waals surface area contributed by atoms with Crippen LogP contribution in [0.15, 0.2) is 120 Å². The van der Waals surface area contributed by atoms with Crippen molar-refractivity contribution in [1.82, 2.24) is 39.0 Å². The van der Waals surface area contributed by atoms with Gasteiger partial charge in [-0.1, -0.05) is 60.7 Å². The minimum atomic E-state index is -0.413. The van der Waals surface area contributed by atoms with Crippen molar-refractivity contribution in [3.05, 3.63) is 147 Å². The lowest BCUT2D eigenvalue weighted by atomic mass is 10.1. The summed E-state index contributed by atoms with van der Waals surface area (Å²) in [6, 6.07) is 23.6. The lowest BCUT2D eigenvalue weighted by Gasteiger charge is -2.10. The molecule has 0 saturated carbocycles. The first-order valence-electron chi connectivity index (χ1n) is 14.4. The Balaban J connectivity index is 0.000000184. The molecule has 2 aromatic carbocycles. The van der Waals surface area contributed by atoms with Crippen LogP contribution in [0.4, 0.5) is 0 Å². The van der Waals surface area contributed by atoms with E-state index in [0.717, 1.165) is 0 Å². The van der Waals surface area contributed by atoms with Crippen LogP contribution in [0.5, 0.6) is 6.01 Å². The molecule has 0 aliphatic heterocycles. The molecule has 0 atom stereocenters. The summed E-state index contributed by atoms with van der Waals surface area (Å²) in [5.74, 6) is -0.433. The lowest BCUT2D eigenvalue weighted by molar-refractivity contribution is 0.0900. The van der Waals surface area contributed by atoms with Crippen LogP contribution in [-0.4, -0.2) is 68.9 Å². The number of benzene rings is 2. The van der Waals surface area contributed by atoms with E-state index in [2.05, 4.69) is 29.9 Å². The number of aliphatic hydroxyl groups excluding tert-OH is 1. The fourth-order valence-corrected chi connectivity index (χ4v) is 4.03. The summed E-state index contributed by atoms with van der Waals surface area (Å²) < 4.78 is 7.95. The van der Waals surface area contributed by atoms with Crippen molar-refractivity contribution in [2.45, 2.75) is 0 Å². The van der Waals surface area contributed by atoms with Crippen LogP contribution in [0.1, 0.15) is 20.7 Å². The zero-order valence-electron chi connectivity index (χ0n) is 26.3. The smallest absolute Gasteiger partial charge is 0.299 e. The van der Waals surface area contributed by atoms with Gasteiger partial charge in [-0.15, -0.1) is 0 Å². The number of Topliss-reactive ketones (excluding diaryl/α,β-unsaturated/α-hetero) is 2. The van der Waals surface area contributed by atoms with Gasteiger partial charge in [0, 0.05) is 49.7 Å². The molecule has 15 heteroatoms. The molecule has 0 aliphatic carbocycles. The van der Waals surface area contributed by atoms with Crippen LogP contribution in [0.25, 0.3) is 22.8 Å². The molecule has 49 heavy (non-hydrogen) atoms. The maximum atomic E-state index is 12.1. The van der Waals surface area contributed by atoms with Crippen LogP contribution >= 0.6 is 11.6 Å². The standard InChI is InChI=1S/C17H14N4O3.C9H7ClN4O.C8H8O2/c1-21-16(23)9-14(13-7-8-18-11-19-13)20-17(21)24-10-15(22)12-5-3-2-4-6-12;1-14-8(15)4-7(13-9(14)10)6-2-3-11-5-12-6;9-6-8(10)7-4-2-1-3-5-7/h2-9,11H,10H2,1H3;2-5H,1H3;1-5,9H,6H2. The first-order valence-corrected chi connectivity index (χ1v) is 14.8. The minimum absolute atomic E-state index is 0.0559. The summed E-state index contributed by atoms with van der Waals surface area (Å²) in [5.41, 5.74) is 2.46. The Bertz CT molecular complexity index is 2110. The van der Waals surface area contributed by atoms with Crippen LogP contribution in [0, 0.1) is 0 Å². The highest BCUT2D eigenvalue weighted by Gasteiger charge is 2.12. The number of halogens is 1. The molecule has 6 aromatic rings. The third-order valence-corrected chi connectivity index (χ3v) is 6.87. The maximum Gasteiger partial charge on any atom is 0.299 e. The quantitative estimate of drug-likeness (QED) is 0.183. The van der Waals surface area contributed by atoms with Gasteiger partial charge < -0.3 is 9.84 Å². The van der Waals surface area contributed by atoms with Gasteiger partial charge in [0.15, 0.2) is 18.2 Å². The molecule has 14 nitrogen and oxygen atoms in total. The van der Waals surface area contributed by atoms with Crippen molar-refractivity contribution >= 4 is 23.2 Å². The van der Waals surface area contributed by atoms with E-state index >= 15 is 0 Å². The number of aromatic nitrogens is 8. The van der Waals surface area contributed by atoms with Crippen molar-refractivity contribution in [2.24, 2.45) is 14.1 Å². The molecule has 4 aromatic heterocycles. The van der Waals surface area contributed by atoms with Crippen LogP contribution in [0.2, 0.25) is 5.28 Å². The van der Waals surface area contributed by atoms with Crippen molar-refractivity contribution < 1.29 is 19.4 Å². The average molecular weight is 681 g/mol. The van der Waals surface area contributed by atoms with Crippen molar-refractivity contribution in [3.63, 3.8) is 0 Å². The molecular weight excluding hydrogens is 652 g/mol. The highest BCUT2D eigenvalue weighted by molar-refractivity contribution is 6.28. The second-order valence-electron chi connectivity index (χ2n) is 9.84. The fourth-order valence-electron chi connectivity index (χ4n) is 3.86. The summed E-state index contributed by atoms with van der Waals surface area (Å²) in [5, 5.41) is 8.57. The number of carbonyl (C=O) groups is 2. The van der Waals surface area contributed by atoms with E-state index in [-0.39, 0.29) is 40.6 Å². The van der Waals surface area contributed by atoms with Gasteiger partial charge in [0.2, 0.25) is 5.28 Å². The zero-order chi connectivity index (χ0) is 35.2. The second-order valence-corrected chi connectivity index (χ2v) is 10.2. The maximum absolute atomic E-state index is 12.1. The van der Waals surface area contributed by atoms with E-state index in [4.69, 9.17) is 21.4 Å². The molecule has 4 heterocycles. The van der Waals surface area contributed by atoms with Crippen molar-refractivity contribution in [1.29, 1.82) is 0 Å². The number of ether oxygens (including phenoxy) is 1. The molecule has 0 spiro atoms.